The smallest absolute Gasteiger partial charge is 0.242 e. The second-order valence-corrected chi connectivity index (χ2v) is 5.11. The van der Waals surface area contributed by atoms with E-state index < -0.39 is 10.0 Å². The van der Waals surface area contributed by atoms with E-state index in [1.807, 2.05) is 6.92 Å². The van der Waals surface area contributed by atoms with Crippen LogP contribution in [0.1, 0.15) is 13.3 Å². The molecule has 1 aromatic rings. The maximum absolute atomic E-state index is 11.5. The molecule has 0 aliphatic carbocycles. The Morgan fingerprint density at radius 1 is 1.44 bits per heavy atom. The number of ether oxygens (including phenoxy) is 1. The molecule has 16 heavy (non-hydrogen) atoms. The van der Waals surface area contributed by atoms with Crippen LogP contribution in [0.5, 0.6) is 5.75 Å². The van der Waals surface area contributed by atoms with Gasteiger partial charge in [0.05, 0.1) is 12.3 Å². The third-order valence-electron chi connectivity index (χ3n) is 2.01. The number of anilines is 1. The molecule has 5 nitrogen and oxygen atoms in total. The normalized spacial score (nSPS) is 11.4. The first-order valence-corrected chi connectivity index (χ1v) is 6.45. The molecule has 0 radical (unpaired) electrons. The predicted octanol–water partition coefficient (Wildman–Crippen LogP) is 0.966. The van der Waals surface area contributed by atoms with Crippen molar-refractivity contribution in [3.05, 3.63) is 18.2 Å². The fourth-order valence-electron chi connectivity index (χ4n) is 1.19. The molecule has 0 spiro atoms. The SMILES string of the molecule is CCCOc1ccc(S(=O)(=O)NC)c(N)c1. The van der Waals surface area contributed by atoms with Crippen molar-refractivity contribution < 1.29 is 13.2 Å². The highest BCUT2D eigenvalue weighted by atomic mass is 32.2. The van der Waals surface area contributed by atoms with Gasteiger partial charge in [0, 0.05) is 6.07 Å². The first-order valence-electron chi connectivity index (χ1n) is 4.97. The first-order chi connectivity index (χ1) is 7.51. The van der Waals surface area contributed by atoms with Crippen molar-refractivity contribution in [3.8, 4) is 5.75 Å². The summed E-state index contributed by atoms with van der Waals surface area (Å²) in [5, 5.41) is 0. The number of benzene rings is 1. The lowest BCUT2D eigenvalue weighted by molar-refractivity contribution is 0.317. The van der Waals surface area contributed by atoms with Gasteiger partial charge in [0.2, 0.25) is 10.0 Å². The molecule has 0 saturated carbocycles. The molecule has 1 rings (SSSR count). The van der Waals surface area contributed by atoms with Crippen LogP contribution in [-0.4, -0.2) is 22.1 Å². The molecule has 0 saturated heterocycles. The van der Waals surface area contributed by atoms with E-state index in [9.17, 15) is 8.42 Å². The molecular formula is C10H16N2O3S. The fraction of sp³-hybridized carbons (Fsp3) is 0.400. The summed E-state index contributed by atoms with van der Waals surface area (Å²) >= 11 is 0. The van der Waals surface area contributed by atoms with Gasteiger partial charge in [-0.2, -0.15) is 0 Å². The zero-order chi connectivity index (χ0) is 12.2. The molecule has 0 amide bonds. The summed E-state index contributed by atoms with van der Waals surface area (Å²) in [6, 6.07) is 4.54. The summed E-state index contributed by atoms with van der Waals surface area (Å²) in [5.74, 6) is 0.578. The van der Waals surface area contributed by atoms with Crippen LogP contribution in [0.25, 0.3) is 0 Å². The second-order valence-electron chi connectivity index (χ2n) is 3.26. The minimum Gasteiger partial charge on any atom is -0.494 e. The van der Waals surface area contributed by atoms with E-state index in [0.717, 1.165) is 6.42 Å². The highest BCUT2D eigenvalue weighted by Gasteiger charge is 2.15. The standard InChI is InChI=1S/C10H16N2O3S/c1-3-6-15-8-4-5-10(9(11)7-8)16(13,14)12-2/h4-5,7,12H,3,6,11H2,1-2H3. The van der Waals surface area contributed by atoms with E-state index >= 15 is 0 Å². The summed E-state index contributed by atoms with van der Waals surface area (Å²) in [6.45, 7) is 2.57. The van der Waals surface area contributed by atoms with Crippen LogP contribution in [-0.2, 0) is 10.0 Å². The number of nitrogens with one attached hydrogen (secondary N) is 1. The second kappa shape index (κ2) is 5.18. The van der Waals surface area contributed by atoms with Gasteiger partial charge in [-0.05, 0) is 25.6 Å². The summed E-state index contributed by atoms with van der Waals surface area (Å²) in [6.07, 6.45) is 0.885. The van der Waals surface area contributed by atoms with Crippen LogP contribution >= 0.6 is 0 Å². The van der Waals surface area contributed by atoms with E-state index in [-0.39, 0.29) is 10.6 Å². The minimum absolute atomic E-state index is 0.0684. The Morgan fingerprint density at radius 3 is 2.62 bits per heavy atom. The van der Waals surface area contributed by atoms with Crippen LogP contribution in [0.4, 0.5) is 5.69 Å². The van der Waals surface area contributed by atoms with Gasteiger partial charge in [-0.25, -0.2) is 13.1 Å². The number of rotatable bonds is 5. The fourth-order valence-corrected chi connectivity index (χ4v) is 2.03. The zero-order valence-corrected chi connectivity index (χ0v) is 10.2. The molecule has 0 aromatic heterocycles. The van der Waals surface area contributed by atoms with Gasteiger partial charge in [-0.1, -0.05) is 6.92 Å². The number of hydrogen-bond donors (Lipinski definition) is 2. The molecule has 0 fully saturated rings. The zero-order valence-electron chi connectivity index (χ0n) is 9.36. The molecule has 1 aromatic carbocycles. The third-order valence-corrected chi connectivity index (χ3v) is 3.50. The highest BCUT2D eigenvalue weighted by molar-refractivity contribution is 7.89. The van der Waals surface area contributed by atoms with E-state index in [0.29, 0.717) is 12.4 Å². The number of nitrogen functional groups attached to an aromatic ring is 1. The van der Waals surface area contributed by atoms with Crippen molar-refractivity contribution in [1.82, 2.24) is 4.72 Å². The molecule has 0 aliphatic rings. The molecule has 90 valence electrons. The maximum atomic E-state index is 11.5. The lowest BCUT2D eigenvalue weighted by atomic mass is 10.3. The van der Waals surface area contributed by atoms with Gasteiger partial charge in [0.15, 0.2) is 0 Å². The summed E-state index contributed by atoms with van der Waals surface area (Å²) < 4.78 is 30.6. The monoisotopic (exact) mass is 244 g/mol. The van der Waals surface area contributed by atoms with Crippen LogP contribution < -0.4 is 15.2 Å². The van der Waals surface area contributed by atoms with Crippen LogP contribution in [0.2, 0.25) is 0 Å². The first kappa shape index (κ1) is 12.8. The molecule has 6 heteroatoms. The van der Waals surface area contributed by atoms with Crippen LogP contribution in [0, 0.1) is 0 Å². The number of sulfonamides is 1. The number of nitrogens with two attached hydrogens (primary N) is 1. The third kappa shape index (κ3) is 2.86. The van der Waals surface area contributed by atoms with Crippen molar-refractivity contribution in [3.63, 3.8) is 0 Å². The van der Waals surface area contributed by atoms with Crippen molar-refractivity contribution in [2.75, 3.05) is 19.4 Å². The van der Waals surface area contributed by atoms with Crippen molar-refractivity contribution in [2.45, 2.75) is 18.2 Å². The van der Waals surface area contributed by atoms with Gasteiger partial charge >= 0.3 is 0 Å². The molecule has 0 bridgehead atoms. The molecule has 0 atom stereocenters. The lowest BCUT2D eigenvalue weighted by Gasteiger charge is -2.09. The Morgan fingerprint density at radius 2 is 2.12 bits per heavy atom. The minimum atomic E-state index is -3.50. The molecular weight excluding hydrogens is 228 g/mol. The molecule has 3 N–H and O–H groups in total. The largest absolute Gasteiger partial charge is 0.494 e. The summed E-state index contributed by atoms with van der Waals surface area (Å²) in [5.41, 5.74) is 5.84. The van der Waals surface area contributed by atoms with Gasteiger partial charge < -0.3 is 10.5 Å². The van der Waals surface area contributed by atoms with Crippen molar-refractivity contribution >= 4 is 15.7 Å². The van der Waals surface area contributed by atoms with E-state index in [2.05, 4.69) is 4.72 Å². The quantitative estimate of drug-likeness (QED) is 0.756. The van der Waals surface area contributed by atoms with Crippen molar-refractivity contribution in [2.24, 2.45) is 0 Å². The topological polar surface area (TPSA) is 81.4 Å². The Bertz CT molecular complexity index is 457. The Kier molecular flexibility index (Phi) is 4.14. The van der Waals surface area contributed by atoms with Gasteiger partial charge in [0.1, 0.15) is 10.6 Å². The Balaban J connectivity index is 3.01. The van der Waals surface area contributed by atoms with E-state index in [4.69, 9.17) is 10.5 Å². The average molecular weight is 244 g/mol. The number of hydrogen-bond acceptors (Lipinski definition) is 4. The lowest BCUT2D eigenvalue weighted by Crippen LogP contribution is -2.19. The van der Waals surface area contributed by atoms with E-state index in [1.54, 1.807) is 6.07 Å². The predicted molar refractivity (Wildman–Crippen MR) is 62.9 cm³/mol. The van der Waals surface area contributed by atoms with E-state index in [1.165, 1.54) is 19.2 Å². The summed E-state index contributed by atoms with van der Waals surface area (Å²) in [7, 11) is -2.15. The van der Waals surface area contributed by atoms with Crippen LogP contribution in [0.15, 0.2) is 23.1 Å². The van der Waals surface area contributed by atoms with Gasteiger partial charge in [-0.3, -0.25) is 0 Å². The molecule has 0 heterocycles. The average Bonchev–Trinajstić information content (AvgIpc) is 2.26. The van der Waals surface area contributed by atoms with Gasteiger partial charge in [0.25, 0.3) is 0 Å². The maximum Gasteiger partial charge on any atom is 0.242 e. The van der Waals surface area contributed by atoms with Gasteiger partial charge in [-0.15, -0.1) is 0 Å². The highest BCUT2D eigenvalue weighted by Crippen LogP contribution is 2.23. The Hall–Kier alpha value is -1.27. The Labute approximate surface area is 95.7 Å². The summed E-state index contributed by atoms with van der Waals surface area (Å²) in [4.78, 5) is 0.0684. The molecule has 0 unspecified atom stereocenters. The van der Waals surface area contributed by atoms with Crippen LogP contribution in [0.3, 0.4) is 0 Å². The van der Waals surface area contributed by atoms with Crippen molar-refractivity contribution in [1.29, 1.82) is 0 Å². The molecule has 0 aliphatic heterocycles.